The van der Waals surface area contributed by atoms with Crippen molar-refractivity contribution in [1.82, 2.24) is 0 Å². The minimum absolute atomic E-state index is 0.0293. The van der Waals surface area contributed by atoms with Crippen LogP contribution in [0.5, 0.6) is 0 Å². The Morgan fingerprint density at radius 2 is 2.07 bits per heavy atom. The Morgan fingerprint density at radius 1 is 1.37 bits per heavy atom. The van der Waals surface area contributed by atoms with Gasteiger partial charge in [0.2, 0.25) is 0 Å². The van der Waals surface area contributed by atoms with Crippen molar-refractivity contribution in [1.29, 1.82) is 0 Å². The van der Waals surface area contributed by atoms with Crippen molar-refractivity contribution >= 4 is 27.6 Å². The Hall–Kier alpha value is -1.29. The minimum Gasteiger partial charge on any atom is -0.461 e. The second-order valence-electron chi connectivity index (χ2n) is 8.29. The number of hydrogen-bond acceptors (Lipinski definition) is 3. The molecule has 150 valence electrons. The van der Waals surface area contributed by atoms with Gasteiger partial charge in [-0.3, -0.25) is 4.79 Å². The number of halogens is 1. The molecule has 0 unspecified atom stereocenters. The average Bonchev–Trinajstić information content (AvgIpc) is 2.61. The smallest absolute Gasteiger partial charge is 0.326 e. The van der Waals surface area contributed by atoms with Crippen LogP contribution in [0.1, 0.15) is 58.9 Å². The first kappa shape index (κ1) is 22.0. The fourth-order valence-corrected chi connectivity index (χ4v) is 4.37. The van der Waals surface area contributed by atoms with Crippen molar-refractivity contribution in [2.45, 2.75) is 66.4 Å². The second-order valence-corrected chi connectivity index (χ2v) is 9.21. The van der Waals surface area contributed by atoms with Gasteiger partial charge < -0.3 is 9.64 Å². The lowest BCUT2D eigenvalue weighted by molar-refractivity contribution is -0.154. The quantitative estimate of drug-likeness (QED) is 0.458. The maximum absolute atomic E-state index is 12.9. The molecule has 0 amide bonds. The van der Waals surface area contributed by atoms with Crippen LogP contribution in [0.2, 0.25) is 0 Å². The van der Waals surface area contributed by atoms with Crippen LogP contribution in [0.15, 0.2) is 34.9 Å². The predicted octanol–water partition coefficient (Wildman–Crippen LogP) is 6.49. The van der Waals surface area contributed by atoms with Crippen molar-refractivity contribution < 1.29 is 9.53 Å². The van der Waals surface area contributed by atoms with Gasteiger partial charge in [-0.15, -0.1) is 0 Å². The summed E-state index contributed by atoms with van der Waals surface area (Å²) in [5, 5.41) is 0. The number of nitrogens with zero attached hydrogens (tertiary/aromatic N) is 1. The number of anilines is 1. The van der Waals surface area contributed by atoms with Gasteiger partial charge in [-0.05, 0) is 61.6 Å². The number of carbonyl (C=O) groups excluding carboxylic acids is 1. The van der Waals surface area contributed by atoms with E-state index in [9.17, 15) is 4.79 Å². The van der Waals surface area contributed by atoms with Gasteiger partial charge in [0.25, 0.3) is 0 Å². The van der Waals surface area contributed by atoms with E-state index in [2.05, 4.69) is 63.2 Å². The molecule has 4 heteroatoms. The molecule has 27 heavy (non-hydrogen) atoms. The predicted molar refractivity (Wildman–Crippen MR) is 117 cm³/mol. The summed E-state index contributed by atoms with van der Waals surface area (Å²) in [5.74, 6) is 1.45. The Kier molecular flexibility index (Phi) is 7.96. The number of ether oxygens (including phenoxy) is 1. The summed E-state index contributed by atoms with van der Waals surface area (Å²) < 4.78 is 7.01. The lowest BCUT2D eigenvalue weighted by Crippen LogP contribution is -2.39. The van der Waals surface area contributed by atoms with Crippen LogP contribution in [-0.4, -0.2) is 18.6 Å². The SMILES string of the molecule is C=C(CC)N(CC(=O)O[C@@H]1C[C@H](C)CC[C@H]1C(C)C)c1cc(Br)ccc1C. The highest BCUT2D eigenvalue weighted by molar-refractivity contribution is 9.10. The van der Waals surface area contributed by atoms with Crippen molar-refractivity contribution in [3.63, 3.8) is 0 Å². The number of hydrogen-bond donors (Lipinski definition) is 0. The van der Waals surface area contributed by atoms with E-state index in [1.54, 1.807) is 0 Å². The first-order chi connectivity index (χ1) is 12.7. The Balaban J connectivity index is 2.16. The van der Waals surface area contributed by atoms with Gasteiger partial charge in [0.05, 0.1) is 0 Å². The molecule has 0 spiro atoms. The molecule has 0 N–H and O–H groups in total. The molecule has 1 aliphatic rings. The van der Waals surface area contributed by atoms with Crippen LogP contribution in [0.25, 0.3) is 0 Å². The summed E-state index contributed by atoms with van der Waals surface area (Å²) in [6, 6.07) is 6.11. The minimum atomic E-state index is -0.159. The maximum atomic E-state index is 12.9. The van der Waals surface area contributed by atoms with E-state index in [0.29, 0.717) is 17.8 Å². The van der Waals surface area contributed by atoms with Crippen LogP contribution >= 0.6 is 15.9 Å². The summed E-state index contributed by atoms with van der Waals surface area (Å²) in [6.45, 7) is 15.2. The topological polar surface area (TPSA) is 29.5 Å². The van der Waals surface area contributed by atoms with Crippen LogP contribution in [0, 0.1) is 24.7 Å². The van der Waals surface area contributed by atoms with Crippen LogP contribution < -0.4 is 4.90 Å². The standard InChI is InChI=1S/C23H34BrNO2/c1-7-18(6)25(21-13-19(24)10-9-17(21)5)14-23(26)27-22-12-16(4)8-11-20(22)15(2)3/h9-10,13,15-16,20,22H,6-8,11-12,14H2,1-5H3/t16-,20+,22-/m1/s1. The first-order valence-corrected chi connectivity index (χ1v) is 10.9. The van der Waals surface area contributed by atoms with Gasteiger partial charge in [-0.1, -0.05) is 62.7 Å². The highest BCUT2D eigenvalue weighted by atomic mass is 79.9. The number of rotatable bonds is 7. The number of aryl methyl sites for hydroxylation is 1. The van der Waals surface area contributed by atoms with Gasteiger partial charge in [-0.2, -0.15) is 0 Å². The van der Waals surface area contributed by atoms with E-state index in [0.717, 1.165) is 40.7 Å². The summed E-state index contributed by atoms with van der Waals surface area (Å²) in [6.07, 6.45) is 4.16. The fourth-order valence-electron chi connectivity index (χ4n) is 4.02. The normalized spacial score (nSPS) is 22.6. The van der Waals surface area contributed by atoms with E-state index < -0.39 is 0 Å². The monoisotopic (exact) mass is 435 g/mol. The van der Waals surface area contributed by atoms with E-state index in [-0.39, 0.29) is 18.6 Å². The average molecular weight is 436 g/mol. The summed E-state index contributed by atoms with van der Waals surface area (Å²) in [7, 11) is 0. The second kappa shape index (κ2) is 9.77. The third-order valence-electron chi connectivity index (χ3n) is 5.78. The number of benzene rings is 1. The first-order valence-electron chi connectivity index (χ1n) is 10.1. The lowest BCUT2D eigenvalue weighted by atomic mass is 9.75. The van der Waals surface area contributed by atoms with Gasteiger partial charge in [-0.25, -0.2) is 0 Å². The van der Waals surface area contributed by atoms with Crippen LogP contribution in [0.4, 0.5) is 5.69 Å². The zero-order valence-corrected chi connectivity index (χ0v) is 19.0. The molecule has 1 fully saturated rings. The zero-order valence-electron chi connectivity index (χ0n) is 17.4. The van der Waals surface area contributed by atoms with Gasteiger partial charge >= 0.3 is 5.97 Å². The molecule has 0 aliphatic heterocycles. The van der Waals surface area contributed by atoms with E-state index in [1.807, 2.05) is 17.0 Å². The number of carbonyl (C=O) groups is 1. The van der Waals surface area contributed by atoms with Gasteiger partial charge in [0, 0.05) is 15.9 Å². The van der Waals surface area contributed by atoms with Crippen molar-refractivity contribution in [3.05, 3.63) is 40.5 Å². The molecule has 0 radical (unpaired) electrons. The van der Waals surface area contributed by atoms with E-state index >= 15 is 0 Å². The molecule has 1 saturated carbocycles. The van der Waals surface area contributed by atoms with Gasteiger partial charge in [0.15, 0.2) is 0 Å². The molecule has 0 heterocycles. The maximum Gasteiger partial charge on any atom is 0.326 e. The fraction of sp³-hybridized carbons (Fsp3) is 0.609. The lowest BCUT2D eigenvalue weighted by Gasteiger charge is -2.37. The van der Waals surface area contributed by atoms with Crippen molar-refractivity contribution in [2.75, 3.05) is 11.4 Å². The Bertz CT molecular complexity index is 670. The summed E-state index contributed by atoms with van der Waals surface area (Å²) in [5.41, 5.74) is 3.04. The highest BCUT2D eigenvalue weighted by Gasteiger charge is 2.33. The molecular formula is C23H34BrNO2. The largest absolute Gasteiger partial charge is 0.461 e. The van der Waals surface area contributed by atoms with Crippen LogP contribution in [-0.2, 0) is 9.53 Å². The van der Waals surface area contributed by atoms with Crippen molar-refractivity contribution in [3.8, 4) is 0 Å². The molecule has 1 aromatic carbocycles. The number of allylic oxidation sites excluding steroid dienone is 1. The number of esters is 1. The van der Waals surface area contributed by atoms with E-state index in [4.69, 9.17) is 4.74 Å². The molecule has 0 saturated heterocycles. The third kappa shape index (κ3) is 5.84. The molecule has 3 nitrogen and oxygen atoms in total. The third-order valence-corrected chi connectivity index (χ3v) is 6.28. The molecule has 0 bridgehead atoms. The highest BCUT2D eigenvalue weighted by Crippen LogP contribution is 2.35. The Labute approximate surface area is 173 Å². The molecule has 3 atom stereocenters. The van der Waals surface area contributed by atoms with Gasteiger partial charge in [0.1, 0.15) is 12.6 Å². The molecule has 2 rings (SSSR count). The van der Waals surface area contributed by atoms with Crippen molar-refractivity contribution in [2.24, 2.45) is 17.8 Å². The van der Waals surface area contributed by atoms with E-state index in [1.165, 1.54) is 6.42 Å². The van der Waals surface area contributed by atoms with Crippen LogP contribution in [0.3, 0.4) is 0 Å². The molecule has 1 aliphatic carbocycles. The summed E-state index contributed by atoms with van der Waals surface area (Å²) in [4.78, 5) is 14.9. The molecular weight excluding hydrogens is 402 g/mol. The molecule has 1 aromatic rings. The Morgan fingerprint density at radius 3 is 2.70 bits per heavy atom. The summed E-state index contributed by atoms with van der Waals surface area (Å²) >= 11 is 3.54. The zero-order chi connectivity index (χ0) is 20.1. The molecule has 0 aromatic heterocycles.